The maximum atomic E-state index is 11.4. The Morgan fingerprint density at radius 2 is 1.83 bits per heavy atom. The van der Waals surface area contributed by atoms with Gasteiger partial charge in [0.25, 0.3) is 0 Å². The van der Waals surface area contributed by atoms with E-state index >= 15 is 0 Å². The molecule has 0 saturated heterocycles. The van der Waals surface area contributed by atoms with Crippen LogP contribution in [0.5, 0.6) is 11.8 Å². The molecule has 5 rings (SSSR count). The van der Waals surface area contributed by atoms with Crippen molar-refractivity contribution in [2.45, 2.75) is 59.0 Å². The Hall–Kier alpha value is -3.45. The number of hydrogen-bond donors (Lipinski definition) is 2. The molecule has 2 aliphatic rings. The lowest BCUT2D eigenvalue weighted by Gasteiger charge is -2.17. The van der Waals surface area contributed by atoms with Gasteiger partial charge < -0.3 is 19.7 Å². The smallest absolute Gasteiger partial charge is 0.316 e. The Balaban J connectivity index is 1.35. The van der Waals surface area contributed by atoms with E-state index < -0.39 is 5.97 Å². The van der Waals surface area contributed by atoms with Gasteiger partial charge in [-0.2, -0.15) is 9.97 Å². The lowest BCUT2D eigenvalue weighted by molar-refractivity contribution is -0.137. The Morgan fingerprint density at radius 1 is 1.08 bits per heavy atom. The van der Waals surface area contributed by atoms with Crippen molar-refractivity contribution in [3.63, 3.8) is 0 Å². The van der Waals surface area contributed by atoms with Gasteiger partial charge in [0.05, 0.1) is 24.4 Å². The minimum atomic E-state index is -0.724. The minimum Gasteiger partial charge on any atom is -0.489 e. The Kier molecular flexibility index (Phi) is 6.43. The summed E-state index contributed by atoms with van der Waals surface area (Å²) in [5, 5.41) is 18.4. The zero-order chi connectivity index (χ0) is 25.4. The molecular formula is C29H32N2O5. The molecule has 188 valence electrons. The van der Waals surface area contributed by atoms with Gasteiger partial charge in [-0.1, -0.05) is 24.3 Å². The standard InChI is InChI=1S/C29H32N2O5/c1-17-20(5-4-6-23(17)27-18(2)30-28(31-19(27)3)35-12-11-32)16-36-22-7-8-24-21(13-22)15-29(9-10-29)25(24)14-26(33)34/h4-8,13,25,32H,9-12,14-16H2,1-3H3,(H,33,34). The first-order valence-corrected chi connectivity index (χ1v) is 12.5. The van der Waals surface area contributed by atoms with Gasteiger partial charge in [-0.3, -0.25) is 4.79 Å². The van der Waals surface area contributed by atoms with E-state index in [1.807, 2.05) is 26.0 Å². The first kappa shape index (κ1) is 24.3. The van der Waals surface area contributed by atoms with Crippen molar-refractivity contribution in [3.8, 4) is 22.9 Å². The number of fused-ring (bicyclic) bond motifs is 1. The van der Waals surface area contributed by atoms with Gasteiger partial charge in [0.15, 0.2) is 0 Å². The van der Waals surface area contributed by atoms with Crippen molar-refractivity contribution < 1.29 is 24.5 Å². The Labute approximate surface area is 211 Å². The number of aromatic nitrogens is 2. The molecule has 1 spiro atoms. The van der Waals surface area contributed by atoms with E-state index in [1.54, 1.807) is 0 Å². The van der Waals surface area contributed by atoms with Crippen LogP contribution in [0.3, 0.4) is 0 Å². The second-order valence-electron chi connectivity index (χ2n) is 10.1. The fourth-order valence-electron chi connectivity index (χ4n) is 5.73. The molecule has 3 aromatic rings. The SMILES string of the molecule is Cc1nc(OCCO)nc(C)c1-c1cccc(COc2ccc3c(c2)CC2(CC2)C3CC(=O)O)c1C. The first-order chi connectivity index (χ1) is 17.3. The number of carbonyl (C=O) groups is 1. The quantitative estimate of drug-likeness (QED) is 0.441. The normalized spacial score (nSPS) is 17.2. The van der Waals surface area contributed by atoms with Crippen molar-refractivity contribution >= 4 is 5.97 Å². The number of aliphatic hydroxyl groups is 1. The number of hydrogen-bond acceptors (Lipinski definition) is 6. The number of carboxylic acids is 1. The summed E-state index contributed by atoms with van der Waals surface area (Å²) in [5.41, 5.74) is 8.42. The topological polar surface area (TPSA) is 102 Å². The third-order valence-electron chi connectivity index (χ3n) is 7.72. The molecule has 2 N–H and O–H groups in total. The van der Waals surface area contributed by atoms with Gasteiger partial charge in [0.2, 0.25) is 0 Å². The third-order valence-corrected chi connectivity index (χ3v) is 7.72. The number of aliphatic hydroxyl groups excluding tert-OH is 1. The molecule has 0 amide bonds. The van der Waals surface area contributed by atoms with Gasteiger partial charge in [0, 0.05) is 11.5 Å². The monoisotopic (exact) mass is 488 g/mol. The Morgan fingerprint density at radius 3 is 2.50 bits per heavy atom. The molecule has 1 aromatic heterocycles. The molecule has 0 aliphatic heterocycles. The molecule has 1 saturated carbocycles. The highest BCUT2D eigenvalue weighted by molar-refractivity contribution is 5.72. The predicted octanol–water partition coefficient (Wildman–Crippen LogP) is 4.91. The van der Waals surface area contributed by atoms with Crippen LogP contribution >= 0.6 is 0 Å². The summed E-state index contributed by atoms with van der Waals surface area (Å²) in [4.78, 5) is 20.4. The number of benzene rings is 2. The molecule has 7 heteroatoms. The van der Waals surface area contributed by atoms with Crippen LogP contribution in [0, 0.1) is 26.2 Å². The van der Waals surface area contributed by atoms with Crippen LogP contribution in [0.1, 0.15) is 58.8 Å². The van der Waals surface area contributed by atoms with E-state index in [9.17, 15) is 9.90 Å². The van der Waals surface area contributed by atoms with Gasteiger partial charge in [-0.25, -0.2) is 0 Å². The summed E-state index contributed by atoms with van der Waals surface area (Å²) >= 11 is 0. The van der Waals surface area contributed by atoms with E-state index in [2.05, 4.69) is 41.2 Å². The number of aryl methyl sites for hydroxylation is 2. The molecule has 1 atom stereocenters. The third kappa shape index (κ3) is 4.55. The number of carboxylic acid groups (broad SMARTS) is 1. The largest absolute Gasteiger partial charge is 0.489 e. The summed E-state index contributed by atoms with van der Waals surface area (Å²) in [6, 6.07) is 12.6. The van der Waals surface area contributed by atoms with Crippen molar-refractivity contribution in [1.29, 1.82) is 0 Å². The molecule has 7 nitrogen and oxygen atoms in total. The van der Waals surface area contributed by atoms with Crippen molar-refractivity contribution in [1.82, 2.24) is 9.97 Å². The molecular weight excluding hydrogens is 456 g/mol. The van der Waals surface area contributed by atoms with E-state index in [0.717, 1.165) is 58.7 Å². The van der Waals surface area contributed by atoms with Crippen molar-refractivity contribution in [3.05, 3.63) is 70.0 Å². The maximum Gasteiger partial charge on any atom is 0.316 e. The molecule has 1 fully saturated rings. The van der Waals surface area contributed by atoms with Gasteiger partial charge in [0.1, 0.15) is 19.0 Å². The van der Waals surface area contributed by atoms with Gasteiger partial charge in [-0.05, 0) is 85.4 Å². The van der Waals surface area contributed by atoms with Gasteiger partial charge in [-0.15, -0.1) is 0 Å². The fourth-order valence-corrected chi connectivity index (χ4v) is 5.73. The van der Waals surface area contributed by atoms with Crippen LogP contribution < -0.4 is 9.47 Å². The highest BCUT2D eigenvalue weighted by atomic mass is 16.5. The molecule has 2 aromatic carbocycles. The van der Waals surface area contributed by atoms with Gasteiger partial charge >= 0.3 is 12.0 Å². The minimum absolute atomic E-state index is 0.0850. The predicted molar refractivity (Wildman–Crippen MR) is 135 cm³/mol. The zero-order valence-electron chi connectivity index (χ0n) is 21.0. The summed E-state index contributed by atoms with van der Waals surface area (Å²) in [6.07, 6.45) is 3.37. The highest BCUT2D eigenvalue weighted by Crippen LogP contribution is 2.64. The van der Waals surface area contributed by atoms with Crippen LogP contribution in [0.15, 0.2) is 36.4 Å². The van der Waals surface area contributed by atoms with Crippen molar-refractivity contribution in [2.75, 3.05) is 13.2 Å². The number of rotatable bonds is 9. The average Bonchev–Trinajstić information content (AvgIpc) is 3.55. The summed E-state index contributed by atoms with van der Waals surface area (Å²) < 4.78 is 11.6. The zero-order valence-corrected chi connectivity index (χ0v) is 21.0. The summed E-state index contributed by atoms with van der Waals surface area (Å²) in [6.45, 7) is 6.46. The number of aliphatic carboxylic acids is 1. The molecule has 2 aliphatic carbocycles. The van der Waals surface area contributed by atoms with Crippen molar-refractivity contribution in [2.24, 2.45) is 5.41 Å². The Bertz CT molecular complexity index is 1290. The summed E-state index contributed by atoms with van der Waals surface area (Å²) in [7, 11) is 0. The summed E-state index contributed by atoms with van der Waals surface area (Å²) in [5.74, 6) is 0.205. The molecule has 36 heavy (non-hydrogen) atoms. The molecule has 0 bridgehead atoms. The van der Waals surface area contributed by atoms with E-state index in [0.29, 0.717) is 6.61 Å². The fraction of sp³-hybridized carbons (Fsp3) is 0.414. The van der Waals surface area contributed by atoms with Crippen LogP contribution in [0.4, 0.5) is 0 Å². The maximum absolute atomic E-state index is 11.4. The molecule has 1 heterocycles. The lowest BCUT2D eigenvalue weighted by atomic mass is 9.87. The second-order valence-corrected chi connectivity index (χ2v) is 10.1. The molecule has 1 unspecified atom stereocenters. The van der Waals surface area contributed by atoms with E-state index in [-0.39, 0.29) is 37.0 Å². The second kappa shape index (κ2) is 9.54. The first-order valence-electron chi connectivity index (χ1n) is 12.5. The average molecular weight is 489 g/mol. The van der Waals surface area contributed by atoms with Crippen LogP contribution in [0.2, 0.25) is 0 Å². The molecule has 0 radical (unpaired) electrons. The number of nitrogens with zero attached hydrogens (tertiary/aromatic N) is 2. The lowest BCUT2D eigenvalue weighted by Crippen LogP contribution is -2.13. The van der Waals surface area contributed by atoms with E-state index in [4.69, 9.17) is 14.6 Å². The van der Waals surface area contributed by atoms with Crippen LogP contribution in [-0.2, 0) is 17.8 Å². The number of ether oxygens (including phenoxy) is 2. The van der Waals surface area contributed by atoms with Crippen LogP contribution in [0.25, 0.3) is 11.1 Å². The van der Waals surface area contributed by atoms with E-state index in [1.165, 1.54) is 11.1 Å². The highest BCUT2D eigenvalue weighted by Gasteiger charge is 2.54. The van der Waals surface area contributed by atoms with Crippen LogP contribution in [-0.4, -0.2) is 39.4 Å².